The lowest BCUT2D eigenvalue weighted by atomic mass is 9.83. The Bertz CT molecular complexity index is 241. The van der Waals surface area contributed by atoms with Crippen molar-refractivity contribution in [2.24, 2.45) is 11.8 Å². The third-order valence-corrected chi connectivity index (χ3v) is 4.91. The smallest absolute Gasteiger partial charge is 0.0503 e. The van der Waals surface area contributed by atoms with Crippen LogP contribution in [0.15, 0.2) is 0 Å². The summed E-state index contributed by atoms with van der Waals surface area (Å²) in [5.41, 5.74) is 0. The number of hydrogen-bond acceptors (Lipinski definition) is 3. The predicted molar refractivity (Wildman–Crippen MR) is 80.5 cm³/mol. The van der Waals surface area contributed by atoms with E-state index in [0.29, 0.717) is 6.04 Å². The van der Waals surface area contributed by atoms with E-state index in [9.17, 15) is 0 Å². The van der Waals surface area contributed by atoms with Gasteiger partial charge in [0.1, 0.15) is 0 Å². The molecule has 0 aromatic carbocycles. The average molecular weight is 268 g/mol. The Kier molecular flexibility index (Phi) is 6.62. The lowest BCUT2D eigenvalue weighted by molar-refractivity contribution is 0.148. The SMILES string of the molecule is CCNC(CN1CCC(COC)C1)C1CCCCC1. The highest BCUT2D eigenvalue weighted by atomic mass is 16.5. The lowest BCUT2D eigenvalue weighted by Gasteiger charge is -2.33. The van der Waals surface area contributed by atoms with Crippen LogP contribution in [-0.4, -0.2) is 50.8 Å². The zero-order chi connectivity index (χ0) is 13.5. The summed E-state index contributed by atoms with van der Waals surface area (Å²) in [4.78, 5) is 2.66. The molecule has 3 nitrogen and oxygen atoms in total. The molecule has 1 saturated heterocycles. The normalized spacial score (nSPS) is 27.8. The van der Waals surface area contributed by atoms with Gasteiger partial charge in [-0.05, 0) is 44.2 Å². The molecule has 19 heavy (non-hydrogen) atoms. The molecule has 1 aliphatic carbocycles. The monoisotopic (exact) mass is 268 g/mol. The first kappa shape index (κ1) is 15.3. The molecule has 0 aromatic heterocycles. The summed E-state index contributed by atoms with van der Waals surface area (Å²) in [5.74, 6) is 1.67. The van der Waals surface area contributed by atoms with Crippen LogP contribution in [0.25, 0.3) is 0 Å². The molecule has 1 aliphatic heterocycles. The number of ether oxygens (including phenoxy) is 1. The molecule has 0 radical (unpaired) electrons. The van der Waals surface area contributed by atoms with E-state index in [-0.39, 0.29) is 0 Å². The molecule has 112 valence electrons. The number of likely N-dealkylation sites (tertiary alicyclic amines) is 1. The highest BCUT2D eigenvalue weighted by Crippen LogP contribution is 2.28. The molecular weight excluding hydrogens is 236 g/mol. The van der Waals surface area contributed by atoms with Crippen LogP contribution in [-0.2, 0) is 4.74 Å². The fourth-order valence-corrected chi connectivity index (χ4v) is 3.91. The highest BCUT2D eigenvalue weighted by molar-refractivity contribution is 4.85. The predicted octanol–water partition coefficient (Wildman–Crippen LogP) is 2.51. The van der Waals surface area contributed by atoms with Crippen LogP contribution in [0.5, 0.6) is 0 Å². The van der Waals surface area contributed by atoms with Gasteiger partial charge in [0, 0.05) is 26.2 Å². The topological polar surface area (TPSA) is 24.5 Å². The van der Waals surface area contributed by atoms with E-state index in [1.807, 2.05) is 7.11 Å². The number of likely N-dealkylation sites (N-methyl/N-ethyl adjacent to an activating group) is 1. The van der Waals surface area contributed by atoms with Crippen molar-refractivity contribution < 1.29 is 4.74 Å². The zero-order valence-corrected chi connectivity index (χ0v) is 12.9. The summed E-state index contributed by atoms with van der Waals surface area (Å²) in [5, 5.41) is 3.75. The second kappa shape index (κ2) is 8.23. The van der Waals surface area contributed by atoms with E-state index in [4.69, 9.17) is 4.74 Å². The maximum absolute atomic E-state index is 5.30. The molecule has 1 N–H and O–H groups in total. The molecule has 2 unspecified atom stereocenters. The Morgan fingerprint density at radius 2 is 2.00 bits per heavy atom. The van der Waals surface area contributed by atoms with Crippen molar-refractivity contribution in [1.82, 2.24) is 10.2 Å². The van der Waals surface area contributed by atoms with Crippen molar-refractivity contribution in [3.63, 3.8) is 0 Å². The second-order valence-electron chi connectivity index (χ2n) is 6.43. The van der Waals surface area contributed by atoms with Gasteiger partial charge in [-0.15, -0.1) is 0 Å². The van der Waals surface area contributed by atoms with Gasteiger partial charge < -0.3 is 15.0 Å². The van der Waals surface area contributed by atoms with Crippen LogP contribution in [0.2, 0.25) is 0 Å². The minimum Gasteiger partial charge on any atom is -0.384 e. The van der Waals surface area contributed by atoms with Crippen LogP contribution in [0.3, 0.4) is 0 Å². The number of nitrogens with zero attached hydrogens (tertiary/aromatic N) is 1. The number of rotatable bonds is 7. The summed E-state index contributed by atoms with van der Waals surface area (Å²) in [6.07, 6.45) is 8.53. The van der Waals surface area contributed by atoms with Crippen molar-refractivity contribution in [3.05, 3.63) is 0 Å². The van der Waals surface area contributed by atoms with E-state index < -0.39 is 0 Å². The number of hydrogen-bond donors (Lipinski definition) is 1. The quantitative estimate of drug-likeness (QED) is 0.768. The van der Waals surface area contributed by atoms with Crippen molar-refractivity contribution in [3.8, 4) is 0 Å². The molecule has 2 fully saturated rings. The molecule has 1 saturated carbocycles. The van der Waals surface area contributed by atoms with Crippen molar-refractivity contribution >= 4 is 0 Å². The molecule has 0 aromatic rings. The van der Waals surface area contributed by atoms with Crippen molar-refractivity contribution in [2.75, 3.05) is 39.9 Å². The van der Waals surface area contributed by atoms with Crippen LogP contribution in [0, 0.1) is 11.8 Å². The Balaban J connectivity index is 1.79. The molecular formula is C16H32N2O. The Labute approximate surface area is 119 Å². The van der Waals surface area contributed by atoms with Gasteiger partial charge in [0.2, 0.25) is 0 Å². The molecule has 0 spiro atoms. The third-order valence-electron chi connectivity index (χ3n) is 4.91. The summed E-state index contributed by atoms with van der Waals surface area (Å²) in [6.45, 7) is 8.04. The van der Waals surface area contributed by atoms with Gasteiger partial charge >= 0.3 is 0 Å². The fraction of sp³-hybridized carbons (Fsp3) is 1.00. The van der Waals surface area contributed by atoms with Crippen molar-refractivity contribution in [2.45, 2.75) is 51.5 Å². The van der Waals surface area contributed by atoms with Gasteiger partial charge in [-0.2, -0.15) is 0 Å². The Morgan fingerprint density at radius 3 is 2.68 bits per heavy atom. The molecule has 0 amide bonds. The molecule has 0 bridgehead atoms. The minimum absolute atomic E-state index is 0.714. The summed E-state index contributed by atoms with van der Waals surface area (Å²) in [6, 6.07) is 0.714. The van der Waals surface area contributed by atoms with E-state index in [1.54, 1.807) is 0 Å². The van der Waals surface area contributed by atoms with Gasteiger partial charge in [-0.1, -0.05) is 26.2 Å². The first-order chi connectivity index (χ1) is 9.33. The van der Waals surface area contributed by atoms with Gasteiger partial charge in [0.25, 0.3) is 0 Å². The summed E-state index contributed by atoms with van der Waals surface area (Å²) < 4.78 is 5.30. The van der Waals surface area contributed by atoms with Crippen molar-refractivity contribution in [1.29, 1.82) is 0 Å². The second-order valence-corrected chi connectivity index (χ2v) is 6.43. The zero-order valence-electron chi connectivity index (χ0n) is 12.9. The summed E-state index contributed by atoms with van der Waals surface area (Å²) >= 11 is 0. The standard InChI is InChI=1S/C16H32N2O/c1-3-17-16(15-7-5-4-6-8-15)12-18-10-9-14(11-18)13-19-2/h14-17H,3-13H2,1-2H3. The minimum atomic E-state index is 0.714. The third kappa shape index (κ3) is 4.73. The Hall–Kier alpha value is -0.120. The van der Waals surface area contributed by atoms with E-state index >= 15 is 0 Å². The van der Waals surface area contributed by atoms with E-state index in [1.165, 1.54) is 58.2 Å². The first-order valence-corrected chi connectivity index (χ1v) is 8.28. The fourth-order valence-electron chi connectivity index (χ4n) is 3.91. The first-order valence-electron chi connectivity index (χ1n) is 8.28. The van der Waals surface area contributed by atoms with E-state index in [2.05, 4.69) is 17.1 Å². The maximum Gasteiger partial charge on any atom is 0.0503 e. The van der Waals surface area contributed by atoms with Crippen LogP contribution in [0.4, 0.5) is 0 Å². The molecule has 1 heterocycles. The van der Waals surface area contributed by atoms with Gasteiger partial charge in [0.05, 0.1) is 6.61 Å². The van der Waals surface area contributed by atoms with Crippen LogP contribution in [0.1, 0.15) is 45.4 Å². The molecule has 2 aliphatic rings. The van der Waals surface area contributed by atoms with Crippen LogP contribution >= 0.6 is 0 Å². The van der Waals surface area contributed by atoms with Gasteiger partial charge in [-0.3, -0.25) is 0 Å². The largest absolute Gasteiger partial charge is 0.384 e. The number of methoxy groups -OCH3 is 1. The van der Waals surface area contributed by atoms with Crippen LogP contribution < -0.4 is 5.32 Å². The van der Waals surface area contributed by atoms with E-state index in [0.717, 1.165) is 25.0 Å². The number of nitrogens with one attached hydrogen (secondary N) is 1. The highest BCUT2D eigenvalue weighted by Gasteiger charge is 2.28. The maximum atomic E-state index is 5.30. The lowest BCUT2D eigenvalue weighted by Crippen LogP contribution is -2.45. The molecule has 2 atom stereocenters. The van der Waals surface area contributed by atoms with Gasteiger partial charge in [-0.25, -0.2) is 0 Å². The molecule has 3 heteroatoms. The van der Waals surface area contributed by atoms with Gasteiger partial charge in [0.15, 0.2) is 0 Å². The summed E-state index contributed by atoms with van der Waals surface area (Å²) in [7, 11) is 1.83. The average Bonchev–Trinajstić information content (AvgIpc) is 2.87. The molecule has 2 rings (SSSR count). The Morgan fingerprint density at radius 1 is 1.21 bits per heavy atom.